The molecule has 0 aliphatic heterocycles. The van der Waals surface area contributed by atoms with E-state index in [2.05, 4.69) is 9.44 Å². The van der Waals surface area contributed by atoms with Crippen LogP contribution in [-0.4, -0.2) is 20.5 Å². The summed E-state index contributed by atoms with van der Waals surface area (Å²) in [6, 6.07) is 2.03. The number of nitriles is 1. The Morgan fingerprint density at radius 1 is 1.31 bits per heavy atom. The van der Waals surface area contributed by atoms with Gasteiger partial charge in [0.2, 0.25) is 0 Å². The summed E-state index contributed by atoms with van der Waals surface area (Å²) in [7, 11) is -3.59. The Kier molecular flexibility index (Phi) is 5.94. The fourth-order valence-electron chi connectivity index (χ4n) is 1.14. The molecular weight excluding hydrogens is 226 g/mol. The molecule has 2 N–H and O–H groups in total. The highest BCUT2D eigenvalue weighted by Crippen LogP contribution is 2.14. The quantitative estimate of drug-likeness (QED) is 0.708. The number of hydrogen-bond acceptors (Lipinski definition) is 3. The van der Waals surface area contributed by atoms with Crippen molar-refractivity contribution in [3.63, 3.8) is 0 Å². The molecule has 0 amide bonds. The highest BCUT2D eigenvalue weighted by atomic mass is 32.2. The lowest BCUT2D eigenvalue weighted by Crippen LogP contribution is -2.51. The second-order valence-electron chi connectivity index (χ2n) is 4.25. The van der Waals surface area contributed by atoms with Gasteiger partial charge < -0.3 is 0 Å². The predicted molar refractivity (Wildman–Crippen MR) is 63.8 cm³/mol. The molecule has 0 rings (SSSR count). The van der Waals surface area contributed by atoms with Gasteiger partial charge in [0.05, 0.1) is 6.07 Å². The van der Waals surface area contributed by atoms with E-state index in [4.69, 9.17) is 5.26 Å². The van der Waals surface area contributed by atoms with Gasteiger partial charge in [0.1, 0.15) is 5.54 Å². The highest BCUT2D eigenvalue weighted by molar-refractivity contribution is 7.87. The summed E-state index contributed by atoms with van der Waals surface area (Å²) in [6.07, 6.45) is 0.894. The Hall–Kier alpha value is -0.640. The number of nitrogens with zero attached hydrogens (tertiary/aromatic N) is 1. The second-order valence-corrected chi connectivity index (χ2v) is 5.75. The maximum Gasteiger partial charge on any atom is 0.278 e. The van der Waals surface area contributed by atoms with Crippen molar-refractivity contribution >= 4 is 10.2 Å². The maximum atomic E-state index is 11.7. The first-order valence-corrected chi connectivity index (χ1v) is 6.99. The van der Waals surface area contributed by atoms with Crippen molar-refractivity contribution in [3.8, 4) is 6.07 Å². The van der Waals surface area contributed by atoms with Crippen molar-refractivity contribution in [1.29, 1.82) is 5.26 Å². The Labute approximate surface area is 98.4 Å². The molecule has 94 valence electrons. The van der Waals surface area contributed by atoms with Crippen LogP contribution in [0.4, 0.5) is 0 Å². The van der Waals surface area contributed by atoms with Gasteiger partial charge in [-0.05, 0) is 18.8 Å². The summed E-state index contributed by atoms with van der Waals surface area (Å²) in [5.74, 6) is 0.233. The van der Waals surface area contributed by atoms with Gasteiger partial charge in [-0.3, -0.25) is 0 Å². The summed E-state index contributed by atoms with van der Waals surface area (Å²) < 4.78 is 28.1. The van der Waals surface area contributed by atoms with E-state index in [0.717, 1.165) is 0 Å². The van der Waals surface area contributed by atoms with E-state index in [9.17, 15) is 8.42 Å². The molecule has 0 aromatic rings. The molecule has 0 fully saturated rings. The third kappa shape index (κ3) is 4.92. The molecule has 16 heavy (non-hydrogen) atoms. The van der Waals surface area contributed by atoms with Crippen LogP contribution < -0.4 is 9.44 Å². The molecule has 0 aliphatic rings. The van der Waals surface area contributed by atoms with Crippen LogP contribution in [0.15, 0.2) is 0 Å². The largest absolute Gasteiger partial charge is 0.278 e. The van der Waals surface area contributed by atoms with Crippen LogP contribution in [0.2, 0.25) is 0 Å². The Morgan fingerprint density at radius 3 is 2.12 bits per heavy atom. The van der Waals surface area contributed by atoms with E-state index in [1.807, 2.05) is 19.9 Å². The van der Waals surface area contributed by atoms with Gasteiger partial charge in [-0.25, -0.2) is 4.72 Å². The Bertz CT molecular complexity index is 340. The summed E-state index contributed by atoms with van der Waals surface area (Å²) in [4.78, 5) is 0. The number of rotatable bonds is 7. The molecule has 0 aliphatic carbocycles. The van der Waals surface area contributed by atoms with E-state index >= 15 is 0 Å². The maximum absolute atomic E-state index is 11.7. The molecule has 0 saturated heterocycles. The van der Waals surface area contributed by atoms with Gasteiger partial charge in [0.15, 0.2) is 0 Å². The first-order valence-electron chi connectivity index (χ1n) is 5.50. The summed E-state index contributed by atoms with van der Waals surface area (Å²) in [5, 5.41) is 9.01. The molecule has 5 nitrogen and oxygen atoms in total. The van der Waals surface area contributed by atoms with Gasteiger partial charge in [0.25, 0.3) is 10.2 Å². The molecule has 0 heterocycles. The number of hydrogen-bond donors (Lipinski definition) is 2. The molecule has 0 bridgehead atoms. The minimum atomic E-state index is -3.59. The van der Waals surface area contributed by atoms with Crippen molar-refractivity contribution in [3.05, 3.63) is 0 Å². The lowest BCUT2D eigenvalue weighted by Gasteiger charge is -2.24. The van der Waals surface area contributed by atoms with E-state index < -0.39 is 15.7 Å². The zero-order chi connectivity index (χ0) is 12.8. The molecule has 0 aromatic carbocycles. The molecule has 0 aromatic heterocycles. The van der Waals surface area contributed by atoms with Crippen molar-refractivity contribution in [2.24, 2.45) is 5.92 Å². The zero-order valence-corrected chi connectivity index (χ0v) is 11.2. The van der Waals surface area contributed by atoms with Gasteiger partial charge in [0, 0.05) is 6.54 Å². The van der Waals surface area contributed by atoms with Crippen molar-refractivity contribution in [1.82, 2.24) is 9.44 Å². The molecule has 0 unspecified atom stereocenters. The van der Waals surface area contributed by atoms with E-state index in [1.54, 1.807) is 13.8 Å². The Balaban J connectivity index is 4.63. The highest BCUT2D eigenvalue weighted by Gasteiger charge is 2.30. The molecule has 0 spiro atoms. The normalized spacial score (nSPS) is 12.8. The second kappa shape index (κ2) is 6.18. The summed E-state index contributed by atoms with van der Waals surface area (Å²) in [5.41, 5.74) is -0.997. The molecule has 0 atom stereocenters. The molecule has 6 heteroatoms. The first-order chi connectivity index (χ1) is 7.31. The topological polar surface area (TPSA) is 82.0 Å². The van der Waals surface area contributed by atoms with Crippen LogP contribution in [-0.2, 0) is 10.2 Å². The fourth-order valence-corrected chi connectivity index (χ4v) is 2.62. The molecule has 0 radical (unpaired) electrons. The predicted octanol–water partition coefficient (Wildman–Crippen LogP) is 1.15. The van der Waals surface area contributed by atoms with Gasteiger partial charge in [-0.1, -0.05) is 27.7 Å². The summed E-state index contributed by atoms with van der Waals surface area (Å²) in [6.45, 7) is 7.78. The number of nitrogens with one attached hydrogen (secondary N) is 2. The minimum Gasteiger partial charge on any atom is -0.202 e. The van der Waals surface area contributed by atoms with Crippen LogP contribution in [0.1, 0.15) is 40.5 Å². The van der Waals surface area contributed by atoms with Crippen LogP contribution in [0.3, 0.4) is 0 Å². The third-order valence-electron chi connectivity index (χ3n) is 2.43. The van der Waals surface area contributed by atoms with Crippen LogP contribution >= 0.6 is 0 Å². The average Bonchev–Trinajstić information content (AvgIpc) is 2.24. The third-order valence-corrected chi connectivity index (χ3v) is 3.64. The molecular formula is C10H21N3O2S. The summed E-state index contributed by atoms with van der Waals surface area (Å²) >= 11 is 0. The lowest BCUT2D eigenvalue weighted by molar-refractivity contribution is 0.439. The van der Waals surface area contributed by atoms with Crippen LogP contribution in [0.25, 0.3) is 0 Å². The van der Waals surface area contributed by atoms with Gasteiger partial charge in [-0.2, -0.15) is 18.4 Å². The Morgan fingerprint density at radius 2 is 1.81 bits per heavy atom. The van der Waals surface area contributed by atoms with Crippen molar-refractivity contribution < 1.29 is 8.42 Å². The standard InChI is InChI=1S/C10H21N3O2S/c1-5-10(6-2,8-11)13-16(14,15)12-7-9(3)4/h9,12-13H,5-7H2,1-4H3. The average molecular weight is 247 g/mol. The SMILES string of the molecule is CCC(C#N)(CC)NS(=O)(=O)NCC(C)C. The fraction of sp³-hybridized carbons (Fsp3) is 0.900. The van der Waals surface area contributed by atoms with Crippen molar-refractivity contribution in [2.75, 3.05) is 6.54 Å². The van der Waals surface area contributed by atoms with Crippen LogP contribution in [0, 0.1) is 17.2 Å². The van der Waals surface area contributed by atoms with Crippen LogP contribution in [0.5, 0.6) is 0 Å². The van der Waals surface area contributed by atoms with E-state index in [0.29, 0.717) is 19.4 Å². The molecule has 0 saturated carbocycles. The minimum absolute atomic E-state index is 0.233. The zero-order valence-electron chi connectivity index (χ0n) is 10.4. The van der Waals surface area contributed by atoms with Gasteiger partial charge in [-0.15, -0.1) is 0 Å². The van der Waals surface area contributed by atoms with Crippen molar-refractivity contribution in [2.45, 2.75) is 46.1 Å². The van der Waals surface area contributed by atoms with Gasteiger partial charge >= 0.3 is 0 Å². The van der Waals surface area contributed by atoms with E-state index in [1.165, 1.54) is 0 Å². The monoisotopic (exact) mass is 247 g/mol. The lowest BCUT2D eigenvalue weighted by atomic mass is 9.97. The van der Waals surface area contributed by atoms with E-state index in [-0.39, 0.29) is 5.92 Å². The smallest absolute Gasteiger partial charge is 0.202 e. The first kappa shape index (κ1) is 15.4.